The monoisotopic (exact) mass is 346 g/mol. The normalized spacial score (nSPS) is 24.6. The van der Waals surface area contributed by atoms with Crippen molar-refractivity contribution in [3.05, 3.63) is 6.20 Å². The number of piperidine rings is 1. The molecule has 3 heterocycles. The number of sulfonamides is 1. The molecule has 0 aliphatic carbocycles. The maximum atomic E-state index is 11.4. The minimum atomic E-state index is -3.65. The van der Waals surface area contributed by atoms with Crippen molar-refractivity contribution >= 4 is 26.5 Å². The van der Waals surface area contributed by atoms with Gasteiger partial charge >= 0.3 is 0 Å². The molecule has 0 spiro atoms. The Morgan fingerprint density at radius 2 is 2.14 bits per heavy atom. The minimum absolute atomic E-state index is 0.137. The van der Waals surface area contributed by atoms with E-state index in [1.165, 1.54) is 12.6 Å². The lowest BCUT2D eigenvalue weighted by Crippen LogP contribution is -2.44. The largest absolute Gasteiger partial charge is 0.379 e. The lowest BCUT2D eigenvalue weighted by atomic mass is 9.97. The highest BCUT2D eigenvalue weighted by atomic mass is 32.2. The summed E-state index contributed by atoms with van der Waals surface area (Å²) in [4.78, 5) is 8.88. The van der Waals surface area contributed by atoms with Gasteiger partial charge < -0.3 is 9.64 Å². The molecule has 7 nitrogen and oxygen atoms in total. The number of ether oxygens (including phenoxy) is 1. The van der Waals surface area contributed by atoms with E-state index in [-0.39, 0.29) is 4.21 Å². The van der Waals surface area contributed by atoms with Gasteiger partial charge in [0.25, 0.3) is 0 Å². The number of thiazole rings is 1. The molecule has 1 unspecified atom stereocenters. The second-order valence-corrected chi connectivity index (χ2v) is 8.67. The number of rotatable bonds is 4. The zero-order chi connectivity index (χ0) is 15.6. The molecule has 0 saturated carbocycles. The zero-order valence-corrected chi connectivity index (χ0v) is 14.1. The molecule has 1 aromatic rings. The molecule has 2 N–H and O–H groups in total. The van der Waals surface area contributed by atoms with Gasteiger partial charge in [0, 0.05) is 32.7 Å². The summed E-state index contributed by atoms with van der Waals surface area (Å²) in [5, 5.41) is 5.92. The van der Waals surface area contributed by atoms with Crippen molar-refractivity contribution in [2.24, 2.45) is 11.1 Å². The molecule has 0 radical (unpaired) electrons. The van der Waals surface area contributed by atoms with E-state index < -0.39 is 10.0 Å². The van der Waals surface area contributed by atoms with Crippen LogP contribution in [0.1, 0.15) is 12.8 Å². The maximum absolute atomic E-state index is 11.4. The van der Waals surface area contributed by atoms with Crippen molar-refractivity contribution in [3.8, 4) is 0 Å². The summed E-state index contributed by atoms with van der Waals surface area (Å²) in [5.74, 6) is 0.591. The van der Waals surface area contributed by atoms with Crippen LogP contribution in [0, 0.1) is 5.92 Å². The Hall–Kier alpha value is -0.740. The molecule has 2 fully saturated rings. The van der Waals surface area contributed by atoms with E-state index in [9.17, 15) is 8.42 Å². The van der Waals surface area contributed by atoms with Gasteiger partial charge in [0.15, 0.2) is 9.34 Å². The third-order valence-electron chi connectivity index (χ3n) is 4.16. The van der Waals surface area contributed by atoms with Gasteiger partial charge in [-0.05, 0) is 18.8 Å². The standard InChI is InChI=1S/C13H22N4O3S2/c14-22(18,19)12-8-15-13(21-12)17-3-1-2-11(10-17)9-16-4-6-20-7-5-16/h8,11H,1-7,9-10H2,(H2,14,18,19). The minimum Gasteiger partial charge on any atom is -0.379 e. The highest BCUT2D eigenvalue weighted by molar-refractivity contribution is 7.91. The van der Waals surface area contributed by atoms with Crippen LogP contribution in [0.5, 0.6) is 0 Å². The Bertz CT molecular complexity index is 598. The molecule has 124 valence electrons. The Labute approximate surface area is 135 Å². The van der Waals surface area contributed by atoms with Gasteiger partial charge in [0.2, 0.25) is 10.0 Å². The van der Waals surface area contributed by atoms with Crippen molar-refractivity contribution < 1.29 is 13.2 Å². The molecule has 0 bridgehead atoms. The first-order valence-electron chi connectivity index (χ1n) is 7.56. The average molecular weight is 346 g/mol. The van der Waals surface area contributed by atoms with Crippen molar-refractivity contribution in [1.29, 1.82) is 0 Å². The van der Waals surface area contributed by atoms with E-state index in [1.54, 1.807) is 0 Å². The SMILES string of the molecule is NS(=O)(=O)c1cnc(N2CCCC(CN3CCOCC3)C2)s1. The van der Waals surface area contributed by atoms with E-state index in [0.29, 0.717) is 5.92 Å². The summed E-state index contributed by atoms with van der Waals surface area (Å²) in [7, 11) is -3.65. The number of hydrogen-bond donors (Lipinski definition) is 1. The summed E-state index contributed by atoms with van der Waals surface area (Å²) in [6.07, 6.45) is 3.68. The molecule has 2 aliphatic rings. The van der Waals surface area contributed by atoms with Crippen LogP contribution in [0.15, 0.2) is 10.4 Å². The Balaban J connectivity index is 1.61. The Morgan fingerprint density at radius 1 is 1.36 bits per heavy atom. The van der Waals surface area contributed by atoms with Crippen LogP contribution in [0.4, 0.5) is 5.13 Å². The van der Waals surface area contributed by atoms with Crippen molar-refractivity contribution in [2.45, 2.75) is 17.1 Å². The quantitative estimate of drug-likeness (QED) is 0.846. The molecule has 3 rings (SSSR count). The summed E-state index contributed by atoms with van der Waals surface area (Å²) in [6, 6.07) is 0. The predicted molar refractivity (Wildman–Crippen MR) is 85.7 cm³/mol. The van der Waals surface area contributed by atoms with Crippen molar-refractivity contribution in [2.75, 3.05) is 50.8 Å². The second-order valence-electron chi connectivity index (χ2n) is 5.87. The number of primary sulfonamides is 1. The number of hydrogen-bond acceptors (Lipinski definition) is 7. The smallest absolute Gasteiger partial charge is 0.249 e. The molecule has 0 aromatic carbocycles. The second kappa shape index (κ2) is 6.79. The van der Waals surface area contributed by atoms with Crippen molar-refractivity contribution in [1.82, 2.24) is 9.88 Å². The number of nitrogens with two attached hydrogens (primary N) is 1. The molecular formula is C13H22N4O3S2. The number of anilines is 1. The highest BCUT2D eigenvalue weighted by Gasteiger charge is 2.25. The lowest BCUT2D eigenvalue weighted by molar-refractivity contribution is 0.0296. The summed E-state index contributed by atoms with van der Waals surface area (Å²) < 4.78 is 28.3. The topological polar surface area (TPSA) is 88.8 Å². The fourth-order valence-corrected chi connectivity index (χ4v) is 4.64. The fourth-order valence-electron chi connectivity index (χ4n) is 3.07. The maximum Gasteiger partial charge on any atom is 0.249 e. The van der Waals surface area contributed by atoms with E-state index >= 15 is 0 Å². The summed E-state index contributed by atoms with van der Waals surface area (Å²) in [5.41, 5.74) is 0. The Morgan fingerprint density at radius 3 is 2.82 bits per heavy atom. The van der Waals surface area contributed by atoms with Crippen LogP contribution in [-0.2, 0) is 14.8 Å². The summed E-state index contributed by atoms with van der Waals surface area (Å²) >= 11 is 1.16. The van der Waals surface area contributed by atoms with Crippen LogP contribution >= 0.6 is 11.3 Å². The first kappa shape index (κ1) is 16.1. The molecule has 0 amide bonds. The van der Waals surface area contributed by atoms with E-state index in [4.69, 9.17) is 9.88 Å². The van der Waals surface area contributed by atoms with Crippen LogP contribution in [0.25, 0.3) is 0 Å². The molecule has 2 saturated heterocycles. The fraction of sp³-hybridized carbons (Fsp3) is 0.769. The van der Waals surface area contributed by atoms with Gasteiger partial charge in [-0.1, -0.05) is 11.3 Å². The number of nitrogens with zero attached hydrogens (tertiary/aromatic N) is 3. The van der Waals surface area contributed by atoms with Crippen LogP contribution in [-0.4, -0.2) is 64.2 Å². The summed E-state index contributed by atoms with van der Waals surface area (Å²) in [6.45, 7) is 6.58. The van der Waals surface area contributed by atoms with E-state index in [0.717, 1.165) is 68.8 Å². The third-order valence-corrected chi connectivity index (χ3v) is 6.63. The van der Waals surface area contributed by atoms with Crippen LogP contribution < -0.4 is 10.0 Å². The van der Waals surface area contributed by atoms with E-state index in [1.807, 2.05) is 0 Å². The molecule has 22 heavy (non-hydrogen) atoms. The molecule has 1 atom stereocenters. The van der Waals surface area contributed by atoms with Gasteiger partial charge in [0.05, 0.1) is 19.4 Å². The number of aromatic nitrogens is 1. The van der Waals surface area contributed by atoms with Gasteiger partial charge in [-0.25, -0.2) is 18.5 Å². The van der Waals surface area contributed by atoms with Crippen molar-refractivity contribution in [3.63, 3.8) is 0 Å². The van der Waals surface area contributed by atoms with Crippen LogP contribution in [0.3, 0.4) is 0 Å². The first-order chi connectivity index (χ1) is 10.5. The highest BCUT2D eigenvalue weighted by Crippen LogP contribution is 2.29. The van der Waals surface area contributed by atoms with Gasteiger partial charge in [-0.2, -0.15) is 0 Å². The number of morpholine rings is 1. The van der Waals surface area contributed by atoms with Gasteiger partial charge in [0.1, 0.15) is 0 Å². The van der Waals surface area contributed by atoms with Gasteiger partial charge in [-0.15, -0.1) is 0 Å². The third kappa shape index (κ3) is 3.96. The van der Waals surface area contributed by atoms with Gasteiger partial charge in [-0.3, -0.25) is 4.90 Å². The molecular weight excluding hydrogens is 324 g/mol. The molecule has 1 aromatic heterocycles. The lowest BCUT2D eigenvalue weighted by Gasteiger charge is -2.36. The van der Waals surface area contributed by atoms with Crippen LogP contribution in [0.2, 0.25) is 0 Å². The zero-order valence-electron chi connectivity index (χ0n) is 12.5. The average Bonchev–Trinajstić information content (AvgIpc) is 2.99. The predicted octanol–water partition coefficient (Wildman–Crippen LogP) is 0.339. The first-order valence-corrected chi connectivity index (χ1v) is 9.92. The molecule has 9 heteroatoms. The molecule has 2 aliphatic heterocycles. The van der Waals surface area contributed by atoms with E-state index in [2.05, 4.69) is 14.8 Å². The Kier molecular flexibility index (Phi) is 4.98.